The van der Waals surface area contributed by atoms with E-state index in [0.29, 0.717) is 23.1 Å². The van der Waals surface area contributed by atoms with Gasteiger partial charge in [-0.2, -0.15) is 0 Å². The Hall–Kier alpha value is -2.55. The van der Waals surface area contributed by atoms with Gasteiger partial charge in [0.2, 0.25) is 5.91 Å². The third-order valence-electron chi connectivity index (χ3n) is 5.20. The number of thiazole rings is 1. The summed E-state index contributed by atoms with van der Waals surface area (Å²) in [6, 6.07) is 11.8. The zero-order valence-electron chi connectivity index (χ0n) is 17.5. The van der Waals surface area contributed by atoms with Crippen molar-refractivity contribution in [3.8, 4) is 0 Å². The van der Waals surface area contributed by atoms with Crippen LogP contribution in [0.3, 0.4) is 0 Å². The summed E-state index contributed by atoms with van der Waals surface area (Å²) >= 11 is 2.90. The van der Waals surface area contributed by atoms with Gasteiger partial charge in [0.15, 0.2) is 5.13 Å². The van der Waals surface area contributed by atoms with Crippen molar-refractivity contribution in [1.29, 1.82) is 0 Å². The largest absolute Gasteiger partial charge is 0.325 e. The number of carbonyl (C=O) groups excluding carboxylic acids is 2. The third kappa shape index (κ3) is 5.78. The lowest BCUT2D eigenvalue weighted by Crippen LogP contribution is -2.36. The van der Waals surface area contributed by atoms with Crippen LogP contribution < -0.4 is 10.6 Å². The van der Waals surface area contributed by atoms with Crippen molar-refractivity contribution in [3.05, 3.63) is 62.8 Å². The van der Waals surface area contributed by atoms with E-state index in [1.807, 2.05) is 23.6 Å². The van der Waals surface area contributed by atoms with Crippen LogP contribution in [0.15, 0.2) is 41.8 Å². The molecule has 3 heterocycles. The summed E-state index contributed by atoms with van der Waals surface area (Å²) in [5, 5.41) is 8.39. The molecule has 0 bridgehead atoms. The van der Waals surface area contributed by atoms with Gasteiger partial charge in [-0.25, -0.2) is 4.98 Å². The lowest BCUT2D eigenvalue weighted by Gasteiger charge is -2.25. The standard InChI is InChI=1S/C23H26N4O2S2/c1-2-3-5-16-7-9-17(10-8-16)24-21(28)15-27-12-11-18-20(14-27)31-23(25-18)26-22(29)19-6-4-13-30-19/h4,6-10,13H,2-3,5,11-12,14-15H2,1H3,(H,24,28)(H,25,26,29). The highest BCUT2D eigenvalue weighted by Gasteiger charge is 2.23. The molecule has 3 aromatic rings. The Kier molecular flexibility index (Phi) is 7.11. The lowest BCUT2D eigenvalue weighted by atomic mass is 10.1. The van der Waals surface area contributed by atoms with E-state index in [9.17, 15) is 9.59 Å². The van der Waals surface area contributed by atoms with E-state index in [0.717, 1.165) is 35.6 Å². The zero-order chi connectivity index (χ0) is 21.6. The Morgan fingerprint density at radius 2 is 2.00 bits per heavy atom. The Bertz CT molecular complexity index is 1030. The summed E-state index contributed by atoms with van der Waals surface area (Å²) in [5.74, 6) is -0.140. The van der Waals surface area contributed by atoms with Gasteiger partial charge in [-0.15, -0.1) is 22.7 Å². The van der Waals surface area contributed by atoms with Crippen molar-refractivity contribution in [1.82, 2.24) is 9.88 Å². The van der Waals surface area contributed by atoms with Crippen molar-refractivity contribution in [2.75, 3.05) is 23.7 Å². The number of thiophene rings is 1. The van der Waals surface area contributed by atoms with Crippen LogP contribution in [0.2, 0.25) is 0 Å². The molecule has 0 atom stereocenters. The molecule has 0 aliphatic carbocycles. The van der Waals surface area contributed by atoms with E-state index >= 15 is 0 Å². The van der Waals surface area contributed by atoms with Crippen molar-refractivity contribution in [2.24, 2.45) is 0 Å². The van der Waals surface area contributed by atoms with Crippen LogP contribution in [-0.2, 0) is 24.2 Å². The van der Waals surface area contributed by atoms with Crippen molar-refractivity contribution < 1.29 is 9.59 Å². The van der Waals surface area contributed by atoms with Gasteiger partial charge in [0.1, 0.15) is 0 Å². The highest BCUT2D eigenvalue weighted by molar-refractivity contribution is 7.16. The lowest BCUT2D eigenvalue weighted by molar-refractivity contribution is -0.117. The number of unbranched alkanes of at least 4 members (excludes halogenated alkanes) is 1. The molecule has 0 unspecified atom stereocenters. The molecule has 2 amide bonds. The van der Waals surface area contributed by atoms with E-state index in [-0.39, 0.29) is 11.8 Å². The zero-order valence-corrected chi connectivity index (χ0v) is 19.2. The van der Waals surface area contributed by atoms with Gasteiger partial charge in [0, 0.05) is 30.1 Å². The number of aromatic nitrogens is 1. The predicted molar refractivity (Wildman–Crippen MR) is 127 cm³/mol. The van der Waals surface area contributed by atoms with Crippen LogP contribution in [0.5, 0.6) is 0 Å². The van der Waals surface area contributed by atoms with Gasteiger partial charge in [0.05, 0.1) is 17.1 Å². The quantitative estimate of drug-likeness (QED) is 0.513. The first-order chi connectivity index (χ1) is 15.1. The number of rotatable bonds is 8. The number of nitrogens with one attached hydrogen (secondary N) is 2. The average molecular weight is 455 g/mol. The molecule has 6 nitrogen and oxygen atoms in total. The molecule has 0 fully saturated rings. The smallest absolute Gasteiger partial charge is 0.267 e. The minimum Gasteiger partial charge on any atom is -0.325 e. The summed E-state index contributed by atoms with van der Waals surface area (Å²) in [7, 11) is 0. The number of benzene rings is 1. The molecule has 4 rings (SSSR count). The van der Waals surface area contributed by atoms with Gasteiger partial charge < -0.3 is 5.32 Å². The first kappa shape index (κ1) is 21.7. The van der Waals surface area contributed by atoms with E-state index in [1.54, 1.807) is 6.07 Å². The number of nitrogens with zero attached hydrogens (tertiary/aromatic N) is 2. The second kappa shape index (κ2) is 10.2. The third-order valence-corrected chi connectivity index (χ3v) is 7.07. The molecule has 1 aromatic carbocycles. The maximum atomic E-state index is 12.5. The maximum Gasteiger partial charge on any atom is 0.267 e. The Labute approximate surface area is 190 Å². The molecule has 0 spiro atoms. The molecular formula is C23H26N4O2S2. The summed E-state index contributed by atoms with van der Waals surface area (Å²) in [5.41, 5.74) is 3.15. The SMILES string of the molecule is CCCCc1ccc(NC(=O)CN2CCc3nc(NC(=O)c4cccs4)sc3C2)cc1. The predicted octanol–water partition coefficient (Wildman–Crippen LogP) is 4.80. The van der Waals surface area contributed by atoms with Crippen LogP contribution in [-0.4, -0.2) is 34.8 Å². The van der Waals surface area contributed by atoms with Crippen molar-refractivity contribution in [2.45, 2.75) is 39.2 Å². The highest BCUT2D eigenvalue weighted by Crippen LogP contribution is 2.29. The maximum absolute atomic E-state index is 12.5. The highest BCUT2D eigenvalue weighted by atomic mass is 32.1. The summed E-state index contributed by atoms with van der Waals surface area (Å²) in [6.45, 7) is 3.97. The summed E-state index contributed by atoms with van der Waals surface area (Å²) in [4.78, 5) is 33.2. The van der Waals surface area contributed by atoms with E-state index in [4.69, 9.17) is 0 Å². The monoisotopic (exact) mass is 454 g/mol. The molecule has 2 aromatic heterocycles. The Morgan fingerprint density at radius 1 is 1.16 bits per heavy atom. The van der Waals surface area contributed by atoms with E-state index in [2.05, 4.69) is 39.6 Å². The van der Waals surface area contributed by atoms with Crippen molar-refractivity contribution >= 4 is 45.3 Å². The molecule has 0 saturated carbocycles. The van der Waals surface area contributed by atoms with Crippen LogP contribution in [0.25, 0.3) is 0 Å². The fraction of sp³-hybridized carbons (Fsp3) is 0.348. The molecule has 2 N–H and O–H groups in total. The number of anilines is 2. The number of hydrogen-bond donors (Lipinski definition) is 2. The molecule has 162 valence electrons. The molecule has 0 saturated heterocycles. The topological polar surface area (TPSA) is 74.3 Å². The second-order valence-corrected chi connectivity index (χ2v) is 9.66. The van der Waals surface area contributed by atoms with Gasteiger partial charge in [-0.05, 0) is 42.0 Å². The first-order valence-corrected chi connectivity index (χ1v) is 12.2. The average Bonchev–Trinajstić information content (AvgIpc) is 3.42. The first-order valence-electron chi connectivity index (χ1n) is 10.6. The molecule has 31 heavy (non-hydrogen) atoms. The van der Waals surface area contributed by atoms with Gasteiger partial charge >= 0.3 is 0 Å². The minimum atomic E-state index is -0.127. The van der Waals surface area contributed by atoms with Crippen LogP contribution in [0.4, 0.5) is 10.8 Å². The van der Waals surface area contributed by atoms with E-state index < -0.39 is 0 Å². The molecule has 1 aliphatic rings. The molecule has 0 radical (unpaired) electrons. The summed E-state index contributed by atoms with van der Waals surface area (Å²) < 4.78 is 0. The fourth-order valence-electron chi connectivity index (χ4n) is 3.54. The van der Waals surface area contributed by atoms with Gasteiger partial charge in [-0.1, -0.05) is 31.5 Å². The minimum absolute atomic E-state index is 0.0134. The van der Waals surface area contributed by atoms with Crippen LogP contribution >= 0.6 is 22.7 Å². The fourth-order valence-corrected chi connectivity index (χ4v) is 5.21. The summed E-state index contributed by atoms with van der Waals surface area (Å²) in [6.07, 6.45) is 4.21. The Morgan fingerprint density at radius 3 is 2.74 bits per heavy atom. The van der Waals surface area contributed by atoms with Crippen LogP contribution in [0.1, 0.15) is 45.6 Å². The second-order valence-electron chi connectivity index (χ2n) is 7.63. The number of amides is 2. The number of fused-ring (bicyclic) bond motifs is 1. The molecule has 8 heteroatoms. The molecular weight excluding hydrogens is 428 g/mol. The number of carbonyl (C=O) groups is 2. The number of hydrogen-bond acceptors (Lipinski definition) is 6. The van der Waals surface area contributed by atoms with Crippen LogP contribution in [0, 0.1) is 0 Å². The Balaban J connectivity index is 1.29. The normalized spacial score (nSPS) is 13.6. The van der Waals surface area contributed by atoms with Crippen molar-refractivity contribution in [3.63, 3.8) is 0 Å². The van der Waals surface area contributed by atoms with E-state index in [1.165, 1.54) is 41.1 Å². The van der Waals surface area contributed by atoms with Gasteiger partial charge in [-0.3, -0.25) is 19.8 Å². The van der Waals surface area contributed by atoms with Gasteiger partial charge in [0.25, 0.3) is 5.91 Å². The molecule has 1 aliphatic heterocycles. The number of aryl methyl sites for hydroxylation is 1.